The van der Waals surface area contributed by atoms with E-state index >= 15 is 0 Å². The third-order valence-corrected chi connectivity index (χ3v) is 4.93. The van der Waals surface area contributed by atoms with E-state index in [9.17, 15) is 9.59 Å². The highest BCUT2D eigenvalue weighted by Gasteiger charge is 2.29. The van der Waals surface area contributed by atoms with Crippen LogP contribution in [0.1, 0.15) is 56.8 Å². The van der Waals surface area contributed by atoms with Crippen LogP contribution in [0.4, 0.5) is 10.6 Å². The Morgan fingerprint density at radius 1 is 1.43 bits per heavy atom. The fourth-order valence-corrected chi connectivity index (χ4v) is 3.30. The Kier molecular flexibility index (Phi) is 6.27. The summed E-state index contributed by atoms with van der Waals surface area (Å²) in [7, 11) is 1.75. The van der Waals surface area contributed by atoms with Crippen LogP contribution in [0.15, 0.2) is 12.3 Å². The predicted octanol–water partition coefficient (Wildman–Crippen LogP) is 1.88. The zero-order chi connectivity index (χ0) is 20.1. The standard InChI is InChI=1S/C18H27N7O3/c1-4-11(2)28-18(27)19-13-6-5-12(7-13)15-9-16(23-22-15)20-17(26)8-14-10-25(3)24-21-14/h9-13H,4-8H2,1-3H3,(H,19,27)(H2,20,22,23,26). The molecule has 0 aromatic carbocycles. The number of amides is 2. The van der Waals surface area contributed by atoms with Crippen molar-refractivity contribution in [1.29, 1.82) is 0 Å². The van der Waals surface area contributed by atoms with E-state index < -0.39 is 0 Å². The van der Waals surface area contributed by atoms with Gasteiger partial charge in [-0.2, -0.15) is 5.10 Å². The summed E-state index contributed by atoms with van der Waals surface area (Å²) in [6, 6.07) is 1.93. The molecule has 0 saturated heterocycles. The lowest BCUT2D eigenvalue weighted by molar-refractivity contribution is -0.115. The molecule has 3 unspecified atom stereocenters. The summed E-state index contributed by atoms with van der Waals surface area (Å²) in [5.41, 5.74) is 1.55. The van der Waals surface area contributed by atoms with Gasteiger partial charge < -0.3 is 15.4 Å². The Hall–Kier alpha value is -2.91. The molecule has 1 aliphatic rings. The predicted molar refractivity (Wildman–Crippen MR) is 102 cm³/mol. The topological polar surface area (TPSA) is 127 Å². The number of aromatic nitrogens is 5. The SMILES string of the molecule is CCC(C)OC(=O)NC1CCC(c2cc(NC(=O)Cc3cn(C)nn3)n[nH]2)C1. The molecule has 1 saturated carbocycles. The minimum absolute atomic E-state index is 0.0829. The molecule has 152 valence electrons. The summed E-state index contributed by atoms with van der Waals surface area (Å²) < 4.78 is 6.83. The Morgan fingerprint density at radius 2 is 2.25 bits per heavy atom. The molecule has 28 heavy (non-hydrogen) atoms. The highest BCUT2D eigenvalue weighted by molar-refractivity contribution is 5.91. The van der Waals surface area contributed by atoms with E-state index in [1.54, 1.807) is 17.9 Å². The molecule has 10 nitrogen and oxygen atoms in total. The summed E-state index contributed by atoms with van der Waals surface area (Å²) >= 11 is 0. The van der Waals surface area contributed by atoms with Gasteiger partial charge >= 0.3 is 6.09 Å². The van der Waals surface area contributed by atoms with Gasteiger partial charge in [-0.25, -0.2) is 4.79 Å². The zero-order valence-electron chi connectivity index (χ0n) is 16.4. The molecular weight excluding hydrogens is 362 g/mol. The first-order valence-electron chi connectivity index (χ1n) is 9.60. The number of aryl methyl sites for hydroxylation is 1. The summed E-state index contributed by atoms with van der Waals surface area (Å²) in [5, 5.41) is 20.6. The molecule has 0 spiro atoms. The number of hydrogen-bond acceptors (Lipinski definition) is 6. The lowest BCUT2D eigenvalue weighted by Crippen LogP contribution is -2.35. The smallest absolute Gasteiger partial charge is 0.407 e. The van der Waals surface area contributed by atoms with Crippen molar-refractivity contribution in [3.05, 3.63) is 23.7 Å². The molecule has 0 aliphatic heterocycles. The molecular formula is C18H27N7O3. The number of H-pyrrole nitrogens is 1. The van der Waals surface area contributed by atoms with E-state index in [0.29, 0.717) is 11.5 Å². The fraction of sp³-hybridized carbons (Fsp3) is 0.611. The van der Waals surface area contributed by atoms with Crippen molar-refractivity contribution in [3.63, 3.8) is 0 Å². The van der Waals surface area contributed by atoms with Crippen LogP contribution >= 0.6 is 0 Å². The molecule has 1 fully saturated rings. The highest BCUT2D eigenvalue weighted by Crippen LogP contribution is 2.34. The molecule has 2 aromatic heterocycles. The van der Waals surface area contributed by atoms with Crippen LogP contribution in [0, 0.1) is 0 Å². The van der Waals surface area contributed by atoms with Crippen LogP contribution in [0.2, 0.25) is 0 Å². The molecule has 3 atom stereocenters. The Labute approximate surface area is 163 Å². The van der Waals surface area contributed by atoms with Gasteiger partial charge in [-0.05, 0) is 32.6 Å². The number of anilines is 1. The second-order valence-corrected chi connectivity index (χ2v) is 7.29. The largest absolute Gasteiger partial charge is 0.447 e. The van der Waals surface area contributed by atoms with Gasteiger partial charge in [0.1, 0.15) is 6.10 Å². The number of ether oxygens (including phenoxy) is 1. The van der Waals surface area contributed by atoms with E-state index in [-0.39, 0.29) is 36.5 Å². The lowest BCUT2D eigenvalue weighted by Gasteiger charge is -2.16. The van der Waals surface area contributed by atoms with Crippen LogP contribution in [-0.4, -0.2) is 49.3 Å². The van der Waals surface area contributed by atoms with Crippen molar-refractivity contribution in [3.8, 4) is 0 Å². The van der Waals surface area contributed by atoms with E-state index in [0.717, 1.165) is 31.4 Å². The third-order valence-electron chi connectivity index (χ3n) is 4.93. The molecule has 2 heterocycles. The number of alkyl carbamates (subject to hydrolysis) is 1. The lowest BCUT2D eigenvalue weighted by atomic mass is 10.0. The van der Waals surface area contributed by atoms with E-state index in [4.69, 9.17) is 4.74 Å². The molecule has 0 bridgehead atoms. The van der Waals surface area contributed by atoms with Gasteiger partial charge in [-0.15, -0.1) is 5.10 Å². The Morgan fingerprint density at radius 3 is 2.96 bits per heavy atom. The molecule has 2 amide bonds. The summed E-state index contributed by atoms with van der Waals surface area (Å²) in [5.74, 6) is 0.542. The van der Waals surface area contributed by atoms with E-state index in [1.807, 2.05) is 19.9 Å². The molecule has 1 aliphatic carbocycles. The molecule has 3 N–H and O–H groups in total. The molecule has 3 rings (SSSR count). The maximum Gasteiger partial charge on any atom is 0.407 e. The summed E-state index contributed by atoms with van der Waals surface area (Å²) in [4.78, 5) is 24.0. The molecule has 10 heteroatoms. The molecule has 2 aromatic rings. The zero-order valence-corrected chi connectivity index (χ0v) is 16.4. The maximum atomic E-state index is 12.1. The van der Waals surface area contributed by atoms with Crippen molar-refractivity contribution in [2.24, 2.45) is 7.05 Å². The quantitative estimate of drug-likeness (QED) is 0.663. The number of aromatic amines is 1. The first-order valence-corrected chi connectivity index (χ1v) is 9.60. The van der Waals surface area contributed by atoms with Gasteiger partial charge in [0.25, 0.3) is 0 Å². The van der Waals surface area contributed by atoms with Gasteiger partial charge in [0.05, 0.1) is 12.1 Å². The van der Waals surface area contributed by atoms with Crippen molar-refractivity contribution in [2.45, 2.75) is 64.0 Å². The normalized spacial score (nSPS) is 20.0. The maximum absolute atomic E-state index is 12.1. The van der Waals surface area contributed by atoms with Crippen molar-refractivity contribution < 1.29 is 14.3 Å². The Balaban J connectivity index is 1.47. The van der Waals surface area contributed by atoms with Crippen molar-refractivity contribution in [1.82, 2.24) is 30.5 Å². The molecule has 0 radical (unpaired) electrons. The van der Waals surface area contributed by atoms with Crippen molar-refractivity contribution in [2.75, 3.05) is 5.32 Å². The minimum Gasteiger partial charge on any atom is -0.447 e. The van der Waals surface area contributed by atoms with Crippen LogP contribution in [0.25, 0.3) is 0 Å². The van der Waals surface area contributed by atoms with Crippen LogP contribution in [0.3, 0.4) is 0 Å². The van der Waals surface area contributed by atoms with Crippen molar-refractivity contribution >= 4 is 17.8 Å². The second kappa shape index (κ2) is 8.85. The number of hydrogen-bond donors (Lipinski definition) is 3. The average molecular weight is 389 g/mol. The minimum atomic E-state index is -0.360. The number of carbonyl (C=O) groups is 2. The summed E-state index contributed by atoms with van der Waals surface area (Å²) in [6.07, 6.45) is 4.82. The van der Waals surface area contributed by atoms with Gasteiger partial charge in [0, 0.05) is 37.0 Å². The van der Waals surface area contributed by atoms with E-state index in [1.165, 1.54) is 0 Å². The fourth-order valence-electron chi connectivity index (χ4n) is 3.30. The van der Waals surface area contributed by atoms with Gasteiger partial charge in [0.15, 0.2) is 5.82 Å². The third kappa shape index (κ3) is 5.30. The van der Waals surface area contributed by atoms with Gasteiger partial charge in [-0.3, -0.25) is 14.6 Å². The number of nitrogens with zero attached hydrogens (tertiary/aromatic N) is 4. The first kappa shape index (κ1) is 19.8. The number of rotatable bonds is 7. The van der Waals surface area contributed by atoms with Crippen LogP contribution < -0.4 is 10.6 Å². The monoisotopic (exact) mass is 389 g/mol. The first-order chi connectivity index (χ1) is 13.4. The average Bonchev–Trinajstić information content (AvgIpc) is 3.36. The van der Waals surface area contributed by atoms with Crippen LogP contribution in [-0.2, 0) is 23.0 Å². The number of carbonyl (C=O) groups excluding carboxylic acids is 2. The van der Waals surface area contributed by atoms with E-state index in [2.05, 4.69) is 31.1 Å². The van der Waals surface area contributed by atoms with Gasteiger partial charge in [-0.1, -0.05) is 12.1 Å². The van der Waals surface area contributed by atoms with Gasteiger partial charge in [0.2, 0.25) is 5.91 Å². The summed E-state index contributed by atoms with van der Waals surface area (Å²) in [6.45, 7) is 3.85. The number of nitrogens with one attached hydrogen (secondary N) is 3. The Bertz CT molecular complexity index is 816. The van der Waals surface area contributed by atoms with Crippen LogP contribution in [0.5, 0.6) is 0 Å². The second-order valence-electron chi connectivity index (χ2n) is 7.29. The highest BCUT2D eigenvalue weighted by atomic mass is 16.6.